The molecule has 2 N–H and O–H groups in total. The topological polar surface area (TPSA) is 26.0 Å². The molecular formula is C32H27N. The van der Waals surface area contributed by atoms with E-state index in [2.05, 4.69) is 116 Å². The highest BCUT2D eigenvalue weighted by molar-refractivity contribution is 5.89. The third kappa shape index (κ3) is 4.18. The summed E-state index contributed by atoms with van der Waals surface area (Å²) in [6.07, 6.45) is 0. The lowest BCUT2D eigenvalue weighted by molar-refractivity contribution is 0.925. The summed E-state index contributed by atoms with van der Waals surface area (Å²) in [5, 5.41) is 0. The number of hydrogen-bond donors (Lipinski definition) is 1. The number of para-hydroxylation sites is 1. The molecule has 0 saturated carbocycles. The van der Waals surface area contributed by atoms with Gasteiger partial charge in [0.15, 0.2) is 0 Å². The fourth-order valence-electron chi connectivity index (χ4n) is 4.59. The van der Waals surface area contributed by atoms with Gasteiger partial charge in [0.2, 0.25) is 0 Å². The van der Waals surface area contributed by atoms with Gasteiger partial charge in [-0.25, -0.2) is 0 Å². The fraction of sp³-hybridized carbons (Fsp3) is 0.0625. The molecule has 0 aliphatic heterocycles. The second-order valence-corrected chi connectivity index (χ2v) is 8.43. The first-order valence-corrected chi connectivity index (χ1v) is 11.4. The van der Waals surface area contributed by atoms with Gasteiger partial charge in [0.05, 0.1) is 0 Å². The summed E-state index contributed by atoms with van der Waals surface area (Å²) in [5.74, 6) is 0.257. The number of anilines is 1. The lowest BCUT2D eigenvalue weighted by Gasteiger charge is -2.20. The van der Waals surface area contributed by atoms with Crippen LogP contribution in [0, 0.1) is 0 Å². The number of hydrogen-bond acceptors (Lipinski definition) is 1. The summed E-state index contributed by atoms with van der Waals surface area (Å²) in [6.45, 7) is 2.29. The summed E-state index contributed by atoms with van der Waals surface area (Å²) in [5.41, 5.74) is 16.9. The maximum absolute atomic E-state index is 6.35. The second-order valence-electron chi connectivity index (χ2n) is 8.43. The van der Waals surface area contributed by atoms with Crippen molar-refractivity contribution in [1.82, 2.24) is 0 Å². The van der Waals surface area contributed by atoms with E-state index in [1.165, 1.54) is 33.4 Å². The van der Waals surface area contributed by atoms with Crippen LogP contribution in [0.5, 0.6) is 0 Å². The molecule has 5 rings (SSSR count). The molecule has 0 radical (unpaired) electrons. The number of benzene rings is 5. The Labute approximate surface area is 196 Å². The van der Waals surface area contributed by atoms with E-state index in [0.29, 0.717) is 0 Å². The number of rotatable bonds is 5. The van der Waals surface area contributed by atoms with E-state index in [1.807, 2.05) is 18.2 Å². The van der Waals surface area contributed by atoms with Crippen LogP contribution in [0.3, 0.4) is 0 Å². The van der Waals surface area contributed by atoms with Crippen molar-refractivity contribution in [2.24, 2.45) is 0 Å². The molecule has 0 spiro atoms. The van der Waals surface area contributed by atoms with Crippen molar-refractivity contribution in [2.45, 2.75) is 12.8 Å². The Bertz CT molecular complexity index is 1370. The molecule has 0 heterocycles. The largest absolute Gasteiger partial charge is 0.398 e. The summed E-state index contributed by atoms with van der Waals surface area (Å²) in [6, 6.07) is 44.9. The van der Waals surface area contributed by atoms with E-state index in [-0.39, 0.29) is 5.92 Å². The quantitative estimate of drug-likeness (QED) is 0.281. The molecule has 0 fully saturated rings. The van der Waals surface area contributed by atoms with Crippen molar-refractivity contribution in [3.05, 3.63) is 139 Å². The summed E-state index contributed by atoms with van der Waals surface area (Å²) in [7, 11) is 0. The second kappa shape index (κ2) is 9.18. The van der Waals surface area contributed by atoms with Crippen LogP contribution in [0.4, 0.5) is 5.69 Å². The predicted octanol–water partition coefficient (Wildman–Crippen LogP) is 8.42. The third-order valence-corrected chi connectivity index (χ3v) is 6.41. The van der Waals surface area contributed by atoms with Crippen LogP contribution in [0.1, 0.15) is 24.0 Å². The first kappa shape index (κ1) is 20.8. The summed E-state index contributed by atoms with van der Waals surface area (Å²) in [4.78, 5) is 0. The van der Waals surface area contributed by atoms with Crippen molar-refractivity contribution in [1.29, 1.82) is 0 Å². The zero-order valence-electron chi connectivity index (χ0n) is 18.8. The zero-order chi connectivity index (χ0) is 22.6. The fourth-order valence-corrected chi connectivity index (χ4v) is 4.59. The molecule has 0 amide bonds. The number of nitrogens with two attached hydrogens (primary N) is 1. The van der Waals surface area contributed by atoms with Crippen LogP contribution in [0.15, 0.2) is 127 Å². The molecule has 33 heavy (non-hydrogen) atoms. The Morgan fingerprint density at radius 3 is 1.61 bits per heavy atom. The zero-order valence-corrected chi connectivity index (χ0v) is 18.8. The molecule has 1 nitrogen and oxygen atoms in total. The average Bonchev–Trinajstić information content (AvgIpc) is 2.89. The molecule has 5 aromatic rings. The molecule has 0 aliphatic rings. The van der Waals surface area contributed by atoms with Gasteiger partial charge < -0.3 is 5.73 Å². The Kier molecular flexibility index (Phi) is 5.78. The number of nitrogen functional groups attached to an aromatic ring is 1. The molecule has 1 unspecified atom stereocenters. The maximum atomic E-state index is 6.35. The van der Waals surface area contributed by atoms with Gasteiger partial charge in [-0.15, -0.1) is 0 Å². The van der Waals surface area contributed by atoms with Gasteiger partial charge in [0.25, 0.3) is 0 Å². The molecule has 0 aromatic heterocycles. The molecule has 5 aromatic carbocycles. The van der Waals surface area contributed by atoms with E-state index in [1.54, 1.807) is 0 Å². The highest BCUT2D eigenvalue weighted by Crippen LogP contribution is 2.39. The van der Waals surface area contributed by atoms with Crippen LogP contribution in [-0.4, -0.2) is 0 Å². The van der Waals surface area contributed by atoms with Gasteiger partial charge >= 0.3 is 0 Å². The average molecular weight is 426 g/mol. The lowest BCUT2D eigenvalue weighted by Crippen LogP contribution is -2.00. The summed E-state index contributed by atoms with van der Waals surface area (Å²) < 4.78 is 0. The van der Waals surface area contributed by atoms with Crippen LogP contribution >= 0.6 is 0 Å². The van der Waals surface area contributed by atoms with Crippen molar-refractivity contribution in [3.8, 4) is 33.4 Å². The smallest absolute Gasteiger partial charge is 0.0393 e. The molecule has 1 heteroatoms. The Morgan fingerprint density at radius 2 is 0.939 bits per heavy atom. The molecule has 1 atom stereocenters. The van der Waals surface area contributed by atoms with Gasteiger partial charge in [-0.05, 0) is 45.0 Å². The maximum Gasteiger partial charge on any atom is 0.0393 e. The molecule has 0 bridgehead atoms. The molecule has 160 valence electrons. The molecule has 0 saturated heterocycles. The van der Waals surface area contributed by atoms with Gasteiger partial charge in [-0.1, -0.05) is 128 Å². The van der Waals surface area contributed by atoms with Crippen LogP contribution < -0.4 is 5.73 Å². The molecule has 0 aliphatic carbocycles. The minimum absolute atomic E-state index is 0.257. The minimum Gasteiger partial charge on any atom is -0.398 e. The minimum atomic E-state index is 0.257. The van der Waals surface area contributed by atoms with E-state index < -0.39 is 0 Å². The van der Waals surface area contributed by atoms with Crippen molar-refractivity contribution in [3.63, 3.8) is 0 Å². The molecular weight excluding hydrogens is 398 g/mol. The van der Waals surface area contributed by atoms with Crippen molar-refractivity contribution >= 4 is 5.69 Å². The Hall–Kier alpha value is -4.10. The standard InChI is InChI=1S/C32H27N/c1-23(24-19-21-26(22-20-24)25-11-3-2-4-12-25)27-13-5-6-14-28(27)29-15-7-8-16-30(29)31-17-9-10-18-32(31)33/h2-23H,33H2,1H3. The normalized spacial score (nSPS) is 11.8. The van der Waals surface area contributed by atoms with Gasteiger partial charge in [-0.3, -0.25) is 0 Å². The van der Waals surface area contributed by atoms with Crippen LogP contribution in [-0.2, 0) is 0 Å². The van der Waals surface area contributed by atoms with Crippen molar-refractivity contribution < 1.29 is 0 Å². The van der Waals surface area contributed by atoms with E-state index in [4.69, 9.17) is 5.73 Å². The SMILES string of the molecule is CC(c1ccc(-c2ccccc2)cc1)c1ccccc1-c1ccccc1-c1ccccc1N. The third-order valence-electron chi connectivity index (χ3n) is 6.41. The van der Waals surface area contributed by atoms with E-state index >= 15 is 0 Å². The van der Waals surface area contributed by atoms with Gasteiger partial charge in [-0.2, -0.15) is 0 Å². The van der Waals surface area contributed by atoms with E-state index in [9.17, 15) is 0 Å². The first-order valence-electron chi connectivity index (χ1n) is 11.4. The summed E-state index contributed by atoms with van der Waals surface area (Å²) >= 11 is 0. The van der Waals surface area contributed by atoms with Crippen LogP contribution in [0.25, 0.3) is 33.4 Å². The van der Waals surface area contributed by atoms with Crippen molar-refractivity contribution in [2.75, 3.05) is 5.73 Å². The monoisotopic (exact) mass is 425 g/mol. The predicted molar refractivity (Wildman–Crippen MR) is 141 cm³/mol. The first-order chi connectivity index (χ1) is 16.2. The highest BCUT2D eigenvalue weighted by Gasteiger charge is 2.17. The highest BCUT2D eigenvalue weighted by atomic mass is 14.6. The van der Waals surface area contributed by atoms with Crippen LogP contribution in [0.2, 0.25) is 0 Å². The lowest BCUT2D eigenvalue weighted by atomic mass is 9.84. The van der Waals surface area contributed by atoms with Gasteiger partial charge in [0, 0.05) is 17.2 Å². The Balaban J connectivity index is 1.55. The van der Waals surface area contributed by atoms with Gasteiger partial charge in [0.1, 0.15) is 0 Å². The van der Waals surface area contributed by atoms with E-state index in [0.717, 1.165) is 16.8 Å². The Morgan fingerprint density at radius 1 is 0.455 bits per heavy atom.